The summed E-state index contributed by atoms with van der Waals surface area (Å²) in [4.78, 5) is 23.7. The number of ether oxygens (including phenoxy) is 3. The van der Waals surface area contributed by atoms with Crippen molar-refractivity contribution in [3.05, 3.63) is 53.6 Å². The predicted octanol–water partition coefficient (Wildman–Crippen LogP) is 2.52. The summed E-state index contributed by atoms with van der Waals surface area (Å²) in [6.07, 6.45) is -1.12. The fraction of sp³-hybridized carbons (Fsp3) is 0.263. The fourth-order valence-corrected chi connectivity index (χ4v) is 3.38. The Hall–Kier alpha value is -3.07. The molecule has 1 N–H and O–H groups in total. The lowest BCUT2D eigenvalue weighted by molar-refractivity contribution is -0.149. The molecule has 28 heavy (non-hydrogen) atoms. The molecule has 2 aromatic carbocycles. The van der Waals surface area contributed by atoms with Crippen molar-refractivity contribution in [3.8, 4) is 5.75 Å². The van der Waals surface area contributed by atoms with E-state index in [-0.39, 0.29) is 10.5 Å². The number of anilines is 1. The zero-order valence-corrected chi connectivity index (χ0v) is 16.7. The summed E-state index contributed by atoms with van der Waals surface area (Å²) in [5.74, 6) is -0.948. The third kappa shape index (κ3) is 5.01. The molecule has 0 aliphatic carbocycles. The SMILES string of the molecule is COC(=O)[C@H](C)OC(=O)c1cc(S(=O)(=O)Nc2ccc(OC)cc2)ccc1C. The van der Waals surface area contributed by atoms with Gasteiger partial charge in [0.05, 0.1) is 24.7 Å². The molecule has 8 nitrogen and oxygen atoms in total. The average Bonchev–Trinajstić information content (AvgIpc) is 2.67. The largest absolute Gasteiger partial charge is 0.497 e. The van der Waals surface area contributed by atoms with Crippen molar-refractivity contribution in [1.29, 1.82) is 0 Å². The Labute approximate surface area is 163 Å². The zero-order valence-electron chi connectivity index (χ0n) is 15.9. The summed E-state index contributed by atoms with van der Waals surface area (Å²) < 4.78 is 42.3. The normalized spacial score (nSPS) is 12.0. The van der Waals surface area contributed by atoms with Crippen LogP contribution in [-0.2, 0) is 24.3 Å². The van der Waals surface area contributed by atoms with E-state index in [1.165, 1.54) is 39.3 Å². The minimum Gasteiger partial charge on any atom is -0.497 e. The molecule has 9 heteroatoms. The number of rotatable bonds is 7. The molecule has 0 fully saturated rings. The van der Waals surface area contributed by atoms with Gasteiger partial charge in [-0.2, -0.15) is 0 Å². The number of aryl methyl sites for hydroxylation is 1. The Bertz CT molecular complexity index is 968. The first kappa shape index (κ1) is 21.2. The number of carbonyl (C=O) groups is 2. The number of methoxy groups -OCH3 is 2. The van der Waals surface area contributed by atoms with Gasteiger partial charge in [0.25, 0.3) is 10.0 Å². The van der Waals surface area contributed by atoms with Crippen molar-refractivity contribution in [3.63, 3.8) is 0 Å². The van der Waals surface area contributed by atoms with Crippen LogP contribution in [0.5, 0.6) is 5.75 Å². The van der Waals surface area contributed by atoms with Crippen LogP contribution >= 0.6 is 0 Å². The summed E-state index contributed by atoms with van der Waals surface area (Å²) in [5, 5.41) is 0. The van der Waals surface area contributed by atoms with Gasteiger partial charge >= 0.3 is 11.9 Å². The maximum atomic E-state index is 12.7. The third-order valence-corrected chi connectivity index (χ3v) is 5.28. The fourth-order valence-electron chi connectivity index (χ4n) is 2.30. The van der Waals surface area contributed by atoms with Crippen molar-refractivity contribution < 1.29 is 32.2 Å². The average molecular weight is 407 g/mol. The molecule has 0 aliphatic heterocycles. The molecule has 0 heterocycles. The van der Waals surface area contributed by atoms with E-state index >= 15 is 0 Å². The summed E-state index contributed by atoms with van der Waals surface area (Å²) in [7, 11) is -1.26. The zero-order chi connectivity index (χ0) is 20.9. The summed E-state index contributed by atoms with van der Waals surface area (Å²) in [5.41, 5.74) is 0.878. The molecule has 0 aliphatic rings. The van der Waals surface area contributed by atoms with Gasteiger partial charge in [-0.15, -0.1) is 0 Å². The first-order chi connectivity index (χ1) is 13.2. The van der Waals surface area contributed by atoms with Crippen molar-refractivity contribution in [2.45, 2.75) is 24.8 Å². The Morgan fingerprint density at radius 1 is 1.04 bits per heavy atom. The number of hydrogen-bond donors (Lipinski definition) is 1. The standard InChI is InChI=1S/C19H21NO7S/c1-12-5-10-16(11-17(12)19(22)27-13(2)18(21)26-4)28(23,24)20-14-6-8-15(25-3)9-7-14/h5-11,13,20H,1-4H3/t13-/m0/s1. The maximum Gasteiger partial charge on any atom is 0.346 e. The van der Waals surface area contributed by atoms with Gasteiger partial charge < -0.3 is 14.2 Å². The molecule has 0 aromatic heterocycles. The van der Waals surface area contributed by atoms with E-state index in [1.54, 1.807) is 31.2 Å². The Morgan fingerprint density at radius 3 is 2.25 bits per heavy atom. The topological polar surface area (TPSA) is 108 Å². The molecule has 0 unspecified atom stereocenters. The van der Waals surface area contributed by atoms with Crippen LogP contribution in [0.4, 0.5) is 5.69 Å². The van der Waals surface area contributed by atoms with E-state index < -0.39 is 28.1 Å². The van der Waals surface area contributed by atoms with E-state index in [9.17, 15) is 18.0 Å². The third-order valence-electron chi connectivity index (χ3n) is 3.90. The highest BCUT2D eigenvalue weighted by atomic mass is 32.2. The molecule has 2 aromatic rings. The minimum absolute atomic E-state index is 0.0355. The van der Waals surface area contributed by atoms with E-state index in [0.29, 0.717) is 17.0 Å². The van der Waals surface area contributed by atoms with Crippen molar-refractivity contribution in [2.24, 2.45) is 0 Å². The predicted molar refractivity (Wildman–Crippen MR) is 102 cm³/mol. The van der Waals surface area contributed by atoms with Crippen LogP contribution in [0, 0.1) is 6.92 Å². The number of esters is 2. The lowest BCUT2D eigenvalue weighted by Gasteiger charge is -2.14. The number of sulfonamides is 1. The minimum atomic E-state index is -3.95. The molecule has 0 spiro atoms. The van der Waals surface area contributed by atoms with Crippen molar-refractivity contribution in [2.75, 3.05) is 18.9 Å². The van der Waals surface area contributed by atoms with Crippen LogP contribution in [0.15, 0.2) is 47.4 Å². The van der Waals surface area contributed by atoms with Crippen LogP contribution < -0.4 is 9.46 Å². The molecule has 0 saturated carbocycles. The van der Waals surface area contributed by atoms with Gasteiger partial charge in [-0.1, -0.05) is 6.07 Å². The van der Waals surface area contributed by atoms with Crippen LogP contribution in [0.3, 0.4) is 0 Å². The number of nitrogens with one attached hydrogen (secondary N) is 1. The van der Waals surface area contributed by atoms with Gasteiger partial charge in [-0.05, 0) is 55.8 Å². The van der Waals surface area contributed by atoms with Crippen LogP contribution in [0.25, 0.3) is 0 Å². The first-order valence-electron chi connectivity index (χ1n) is 8.24. The number of benzene rings is 2. The van der Waals surface area contributed by atoms with Crippen LogP contribution in [0.2, 0.25) is 0 Å². The van der Waals surface area contributed by atoms with Crippen molar-refractivity contribution >= 4 is 27.6 Å². The molecular formula is C19H21NO7S. The van der Waals surface area contributed by atoms with Gasteiger partial charge in [0.1, 0.15) is 5.75 Å². The summed E-state index contributed by atoms with van der Waals surface area (Å²) in [6, 6.07) is 10.4. The molecular weight excluding hydrogens is 386 g/mol. The molecule has 2 rings (SSSR count). The molecule has 1 atom stereocenters. The number of hydrogen-bond acceptors (Lipinski definition) is 7. The second-order valence-electron chi connectivity index (χ2n) is 5.88. The lowest BCUT2D eigenvalue weighted by atomic mass is 10.1. The highest BCUT2D eigenvalue weighted by Crippen LogP contribution is 2.22. The van der Waals surface area contributed by atoms with Gasteiger partial charge in [-0.25, -0.2) is 18.0 Å². The highest BCUT2D eigenvalue weighted by Gasteiger charge is 2.23. The van der Waals surface area contributed by atoms with Crippen molar-refractivity contribution in [1.82, 2.24) is 0 Å². The van der Waals surface area contributed by atoms with E-state index in [4.69, 9.17) is 9.47 Å². The maximum absolute atomic E-state index is 12.7. The van der Waals surface area contributed by atoms with Gasteiger partial charge in [0.2, 0.25) is 0 Å². The quantitative estimate of drug-likeness (QED) is 0.703. The first-order valence-corrected chi connectivity index (χ1v) is 9.72. The highest BCUT2D eigenvalue weighted by molar-refractivity contribution is 7.92. The second kappa shape index (κ2) is 8.75. The number of carbonyl (C=O) groups excluding carboxylic acids is 2. The molecule has 0 radical (unpaired) electrons. The van der Waals surface area contributed by atoms with Crippen LogP contribution in [0.1, 0.15) is 22.8 Å². The molecule has 0 amide bonds. The second-order valence-corrected chi connectivity index (χ2v) is 7.56. The van der Waals surface area contributed by atoms with Gasteiger partial charge in [-0.3, -0.25) is 4.72 Å². The molecule has 0 bridgehead atoms. The molecule has 150 valence electrons. The lowest BCUT2D eigenvalue weighted by Crippen LogP contribution is -2.25. The van der Waals surface area contributed by atoms with Gasteiger partial charge in [0, 0.05) is 5.69 Å². The van der Waals surface area contributed by atoms with E-state index in [0.717, 1.165) is 0 Å². The Kier molecular flexibility index (Phi) is 6.63. The molecule has 0 saturated heterocycles. The van der Waals surface area contributed by atoms with Gasteiger partial charge in [0.15, 0.2) is 6.10 Å². The van der Waals surface area contributed by atoms with E-state index in [2.05, 4.69) is 9.46 Å². The van der Waals surface area contributed by atoms with E-state index in [1.807, 2.05) is 0 Å². The Morgan fingerprint density at radius 2 is 1.68 bits per heavy atom. The monoisotopic (exact) mass is 407 g/mol. The summed E-state index contributed by atoms with van der Waals surface area (Å²) in [6.45, 7) is 3.00. The van der Waals surface area contributed by atoms with Crippen LogP contribution in [-0.4, -0.2) is 40.7 Å². The smallest absolute Gasteiger partial charge is 0.346 e. The Balaban J connectivity index is 2.27. The summed E-state index contributed by atoms with van der Waals surface area (Å²) >= 11 is 0.